The van der Waals surface area contributed by atoms with E-state index in [9.17, 15) is 9.59 Å². The van der Waals surface area contributed by atoms with E-state index in [1.54, 1.807) is 30.2 Å². The van der Waals surface area contributed by atoms with Crippen LogP contribution in [0.2, 0.25) is 0 Å². The molecule has 2 aromatic heterocycles. The van der Waals surface area contributed by atoms with E-state index in [0.29, 0.717) is 47.8 Å². The minimum absolute atomic E-state index is 0.00644. The van der Waals surface area contributed by atoms with Crippen molar-refractivity contribution in [3.63, 3.8) is 0 Å². The van der Waals surface area contributed by atoms with E-state index in [2.05, 4.69) is 15.1 Å². The van der Waals surface area contributed by atoms with Crippen LogP contribution in [-0.4, -0.2) is 37.8 Å². The Morgan fingerprint density at radius 3 is 2.96 bits per heavy atom. The third-order valence-corrected chi connectivity index (χ3v) is 4.07. The predicted octanol–water partition coefficient (Wildman–Crippen LogP) is 2.32. The monoisotopic (exact) mass is 344 g/mol. The zero-order chi connectivity index (χ0) is 16.9. The molecule has 0 atom stereocenters. The van der Waals surface area contributed by atoms with Gasteiger partial charge in [-0.15, -0.1) is 0 Å². The van der Waals surface area contributed by atoms with Crippen molar-refractivity contribution >= 4 is 23.5 Å². The number of hydrogen-bond donors (Lipinski definition) is 0. The molecule has 0 N–H and O–H groups in total. The minimum Gasteiger partial charge on any atom is -0.427 e. The molecule has 0 fully saturated rings. The van der Waals surface area contributed by atoms with Crippen LogP contribution in [0.4, 0.5) is 0 Å². The molecule has 2 heterocycles. The average Bonchev–Trinajstić information content (AvgIpc) is 3.09. The molecule has 3 rings (SSSR count). The number of allylic oxidation sites excluding steroid dienone is 2. The van der Waals surface area contributed by atoms with E-state index in [1.165, 1.54) is 17.1 Å². The smallest absolute Gasteiger partial charge is 0.345 e. The van der Waals surface area contributed by atoms with E-state index in [4.69, 9.17) is 4.74 Å². The van der Waals surface area contributed by atoms with Crippen LogP contribution >= 0.6 is 11.8 Å². The SMILES string of the molecule is CSCc1nc(-n2cncn2)ccc1C(=O)OC1=CC(=O)CCC1. The standard InChI is InChI=1S/C16H16N4O3S/c1-24-8-14-13(5-6-15(19-14)20-10-17-9-18-20)16(22)23-12-4-2-3-11(21)7-12/h5-7,9-10H,2-4,8H2,1H3. The highest BCUT2D eigenvalue weighted by Crippen LogP contribution is 2.21. The summed E-state index contributed by atoms with van der Waals surface area (Å²) < 4.78 is 6.91. The lowest BCUT2D eigenvalue weighted by atomic mass is 10.1. The molecule has 7 nitrogen and oxygen atoms in total. The summed E-state index contributed by atoms with van der Waals surface area (Å²) in [6.45, 7) is 0. The van der Waals surface area contributed by atoms with Gasteiger partial charge in [-0.1, -0.05) is 0 Å². The van der Waals surface area contributed by atoms with Crippen molar-refractivity contribution < 1.29 is 14.3 Å². The second kappa shape index (κ2) is 7.39. The molecule has 0 amide bonds. The number of hydrogen-bond acceptors (Lipinski definition) is 7. The summed E-state index contributed by atoms with van der Waals surface area (Å²) in [6.07, 6.45) is 8.12. The maximum absolute atomic E-state index is 12.5. The summed E-state index contributed by atoms with van der Waals surface area (Å²) in [7, 11) is 0. The quantitative estimate of drug-likeness (QED) is 0.769. The van der Waals surface area contributed by atoms with Gasteiger partial charge in [-0.3, -0.25) is 4.79 Å². The Labute approximate surface area is 143 Å². The van der Waals surface area contributed by atoms with Crippen LogP contribution in [0.5, 0.6) is 0 Å². The average molecular weight is 344 g/mol. The highest BCUT2D eigenvalue weighted by molar-refractivity contribution is 7.97. The van der Waals surface area contributed by atoms with Gasteiger partial charge in [0.1, 0.15) is 18.4 Å². The topological polar surface area (TPSA) is 87.0 Å². The Balaban J connectivity index is 1.86. The van der Waals surface area contributed by atoms with Gasteiger partial charge in [-0.25, -0.2) is 19.4 Å². The van der Waals surface area contributed by atoms with E-state index in [-0.39, 0.29) is 5.78 Å². The van der Waals surface area contributed by atoms with Crippen molar-refractivity contribution in [1.82, 2.24) is 19.7 Å². The first kappa shape index (κ1) is 16.4. The molecular formula is C16H16N4O3S. The first-order valence-electron chi connectivity index (χ1n) is 7.47. The molecule has 1 aliphatic rings. The molecule has 8 heteroatoms. The molecule has 0 saturated heterocycles. The number of ether oxygens (including phenoxy) is 1. The van der Waals surface area contributed by atoms with Gasteiger partial charge in [-0.2, -0.15) is 16.9 Å². The number of aromatic nitrogens is 4. The zero-order valence-electron chi connectivity index (χ0n) is 13.1. The molecule has 0 aliphatic heterocycles. The van der Waals surface area contributed by atoms with Gasteiger partial charge in [-0.05, 0) is 24.8 Å². The lowest BCUT2D eigenvalue weighted by Crippen LogP contribution is -2.13. The van der Waals surface area contributed by atoms with Crippen molar-refractivity contribution in [2.75, 3.05) is 6.26 Å². The van der Waals surface area contributed by atoms with Crippen LogP contribution in [0.1, 0.15) is 35.3 Å². The third kappa shape index (κ3) is 3.70. The molecule has 0 saturated carbocycles. The number of nitrogens with zero attached hydrogens (tertiary/aromatic N) is 4. The highest BCUT2D eigenvalue weighted by Gasteiger charge is 2.19. The normalized spacial score (nSPS) is 14.4. The highest BCUT2D eigenvalue weighted by atomic mass is 32.2. The fraction of sp³-hybridized carbons (Fsp3) is 0.312. The maximum atomic E-state index is 12.5. The number of carbonyl (C=O) groups is 2. The van der Waals surface area contributed by atoms with Gasteiger partial charge in [0.25, 0.3) is 0 Å². The number of rotatable bonds is 5. The lowest BCUT2D eigenvalue weighted by Gasteiger charge is -2.14. The van der Waals surface area contributed by atoms with E-state index < -0.39 is 5.97 Å². The van der Waals surface area contributed by atoms with Crippen molar-refractivity contribution in [1.29, 1.82) is 0 Å². The van der Waals surface area contributed by atoms with Crippen LogP contribution in [0.25, 0.3) is 5.82 Å². The molecule has 24 heavy (non-hydrogen) atoms. The number of pyridine rings is 1. The van der Waals surface area contributed by atoms with Crippen molar-refractivity contribution in [2.45, 2.75) is 25.0 Å². The van der Waals surface area contributed by atoms with Crippen molar-refractivity contribution in [3.8, 4) is 5.82 Å². The second-order valence-electron chi connectivity index (χ2n) is 5.26. The first-order chi connectivity index (χ1) is 11.7. The Bertz CT molecular complexity index is 787. The Hall–Kier alpha value is -2.48. The molecule has 0 spiro atoms. The summed E-state index contributed by atoms with van der Waals surface area (Å²) in [4.78, 5) is 32.3. The van der Waals surface area contributed by atoms with Crippen molar-refractivity contribution in [3.05, 3.63) is 47.9 Å². The summed E-state index contributed by atoms with van der Waals surface area (Å²) in [5, 5.41) is 4.04. The van der Waals surface area contributed by atoms with Crippen molar-refractivity contribution in [2.24, 2.45) is 0 Å². The third-order valence-electron chi connectivity index (χ3n) is 3.51. The van der Waals surface area contributed by atoms with Gasteiger partial charge < -0.3 is 4.74 Å². The largest absolute Gasteiger partial charge is 0.427 e. The van der Waals surface area contributed by atoms with Crippen LogP contribution < -0.4 is 0 Å². The van der Waals surface area contributed by atoms with Crippen LogP contribution in [0, 0.1) is 0 Å². The number of carbonyl (C=O) groups excluding carboxylic acids is 2. The van der Waals surface area contributed by atoms with Gasteiger partial charge in [0.15, 0.2) is 11.6 Å². The Kier molecular flexibility index (Phi) is 5.05. The summed E-state index contributed by atoms with van der Waals surface area (Å²) in [5.74, 6) is 1.07. The summed E-state index contributed by atoms with van der Waals surface area (Å²) >= 11 is 1.55. The zero-order valence-corrected chi connectivity index (χ0v) is 14.0. The molecular weight excluding hydrogens is 328 g/mol. The fourth-order valence-corrected chi connectivity index (χ4v) is 2.89. The Morgan fingerprint density at radius 2 is 2.25 bits per heavy atom. The molecule has 1 aliphatic carbocycles. The van der Waals surface area contributed by atoms with Crippen LogP contribution in [0.15, 0.2) is 36.6 Å². The molecule has 0 aromatic carbocycles. The molecule has 0 bridgehead atoms. The van der Waals surface area contributed by atoms with Crippen LogP contribution in [-0.2, 0) is 15.3 Å². The van der Waals surface area contributed by atoms with Gasteiger partial charge in [0, 0.05) is 24.7 Å². The lowest BCUT2D eigenvalue weighted by molar-refractivity contribution is -0.115. The number of thioether (sulfide) groups is 1. The Morgan fingerprint density at radius 1 is 1.38 bits per heavy atom. The predicted molar refractivity (Wildman–Crippen MR) is 88.7 cm³/mol. The molecule has 124 valence electrons. The number of ketones is 1. The second-order valence-corrected chi connectivity index (χ2v) is 6.12. The van der Waals surface area contributed by atoms with Gasteiger partial charge in [0.05, 0.1) is 11.3 Å². The fourth-order valence-electron chi connectivity index (χ4n) is 2.39. The summed E-state index contributed by atoms with van der Waals surface area (Å²) in [5.41, 5.74) is 1.01. The van der Waals surface area contributed by atoms with E-state index in [1.807, 2.05) is 6.26 Å². The van der Waals surface area contributed by atoms with E-state index in [0.717, 1.165) is 0 Å². The van der Waals surface area contributed by atoms with Crippen LogP contribution in [0.3, 0.4) is 0 Å². The molecule has 2 aromatic rings. The first-order valence-corrected chi connectivity index (χ1v) is 8.86. The molecule has 0 unspecified atom stereocenters. The van der Waals surface area contributed by atoms with Gasteiger partial charge in [0.2, 0.25) is 0 Å². The van der Waals surface area contributed by atoms with Gasteiger partial charge >= 0.3 is 5.97 Å². The minimum atomic E-state index is -0.488. The van der Waals surface area contributed by atoms with E-state index >= 15 is 0 Å². The maximum Gasteiger partial charge on any atom is 0.345 e. The summed E-state index contributed by atoms with van der Waals surface area (Å²) in [6, 6.07) is 3.36. The number of esters is 1. The molecule has 0 radical (unpaired) electrons.